The summed E-state index contributed by atoms with van der Waals surface area (Å²) in [6, 6.07) is 6.53. The number of benzene rings is 1. The lowest BCUT2D eigenvalue weighted by molar-refractivity contribution is 0.626. The van der Waals surface area contributed by atoms with E-state index >= 15 is 0 Å². The van der Waals surface area contributed by atoms with Crippen LogP contribution in [0.5, 0.6) is 0 Å². The highest BCUT2D eigenvalue weighted by Gasteiger charge is 2.12. The second-order valence-corrected chi connectivity index (χ2v) is 5.04. The van der Waals surface area contributed by atoms with Crippen molar-refractivity contribution in [2.45, 2.75) is 33.7 Å². The van der Waals surface area contributed by atoms with Gasteiger partial charge in [-0.2, -0.15) is 0 Å². The SMILES string of the molecule is CCNc1nc(C)nc(NC(C)c2ccc(F)cc2)c1C. The molecule has 1 aromatic carbocycles. The van der Waals surface area contributed by atoms with E-state index < -0.39 is 0 Å². The summed E-state index contributed by atoms with van der Waals surface area (Å²) in [4.78, 5) is 8.87. The van der Waals surface area contributed by atoms with Gasteiger partial charge in [0.15, 0.2) is 0 Å². The number of aryl methyl sites for hydroxylation is 1. The van der Waals surface area contributed by atoms with E-state index in [-0.39, 0.29) is 11.9 Å². The molecule has 0 radical (unpaired) electrons. The van der Waals surface area contributed by atoms with Crippen molar-refractivity contribution in [3.8, 4) is 0 Å². The van der Waals surface area contributed by atoms with Crippen LogP contribution in [0.2, 0.25) is 0 Å². The van der Waals surface area contributed by atoms with E-state index in [1.54, 1.807) is 12.1 Å². The molecule has 1 heterocycles. The topological polar surface area (TPSA) is 49.8 Å². The van der Waals surface area contributed by atoms with Gasteiger partial charge in [-0.3, -0.25) is 0 Å². The Morgan fingerprint density at radius 3 is 2.33 bits per heavy atom. The van der Waals surface area contributed by atoms with Gasteiger partial charge in [-0.25, -0.2) is 14.4 Å². The summed E-state index contributed by atoms with van der Waals surface area (Å²) in [6.45, 7) is 8.72. The third kappa shape index (κ3) is 3.68. The smallest absolute Gasteiger partial charge is 0.135 e. The molecule has 112 valence electrons. The summed E-state index contributed by atoms with van der Waals surface area (Å²) in [5.74, 6) is 2.13. The molecule has 21 heavy (non-hydrogen) atoms. The fraction of sp³-hybridized carbons (Fsp3) is 0.375. The predicted molar refractivity (Wildman–Crippen MR) is 84.1 cm³/mol. The van der Waals surface area contributed by atoms with Crippen molar-refractivity contribution in [2.75, 3.05) is 17.2 Å². The molecule has 4 nitrogen and oxygen atoms in total. The molecule has 0 fully saturated rings. The number of anilines is 2. The second kappa shape index (κ2) is 6.52. The largest absolute Gasteiger partial charge is 0.370 e. The third-order valence-corrected chi connectivity index (χ3v) is 3.33. The molecule has 0 amide bonds. The Morgan fingerprint density at radius 2 is 1.71 bits per heavy atom. The molecule has 1 aromatic heterocycles. The molecule has 2 aromatic rings. The first-order valence-electron chi connectivity index (χ1n) is 7.12. The maximum atomic E-state index is 13.0. The van der Waals surface area contributed by atoms with Crippen LogP contribution in [0.1, 0.15) is 36.8 Å². The van der Waals surface area contributed by atoms with E-state index in [4.69, 9.17) is 0 Å². The zero-order chi connectivity index (χ0) is 15.4. The van der Waals surface area contributed by atoms with Crippen LogP contribution < -0.4 is 10.6 Å². The summed E-state index contributed by atoms with van der Waals surface area (Å²) in [6.07, 6.45) is 0. The second-order valence-electron chi connectivity index (χ2n) is 5.04. The lowest BCUT2D eigenvalue weighted by Gasteiger charge is -2.18. The van der Waals surface area contributed by atoms with E-state index in [9.17, 15) is 4.39 Å². The molecule has 5 heteroatoms. The standard InChI is InChI=1S/C16H21FN4/c1-5-18-15-10(2)16(21-12(4)20-15)19-11(3)13-6-8-14(17)9-7-13/h6-9,11H,5H2,1-4H3,(H2,18,19,20,21). The lowest BCUT2D eigenvalue weighted by Crippen LogP contribution is -2.13. The molecule has 0 aliphatic heterocycles. The maximum absolute atomic E-state index is 13.0. The lowest BCUT2D eigenvalue weighted by atomic mass is 10.1. The fourth-order valence-electron chi connectivity index (χ4n) is 2.15. The zero-order valence-electron chi connectivity index (χ0n) is 12.9. The highest BCUT2D eigenvalue weighted by Crippen LogP contribution is 2.24. The molecule has 0 bridgehead atoms. The number of rotatable bonds is 5. The highest BCUT2D eigenvalue weighted by molar-refractivity contribution is 5.57. The Hall–Kier alpha value is -2.17. The minimum absolute atomic E-state index is 0.0353. The van der Waals surface area contributed by atoms with Gasteiger partial charge in [-0.05, 0) is 45.4 Å². The summed E-state index contributed by atoms with van der Waals surface area (Å²) in [5, 5.41) is 6.61. The van der Waals surface area contributed by atoms with Crippen LogP contribution in [0.4, 0.5) is 16.0 Å². The normalized spacial score (nSPS) is 12.0. The van der Waals surface area contributed by atoms with Gasteiger partial charge in [0.05, 0.1) is 0 Å². The predicted octanol–water partition coefficient (Wildman–Crippen LogP) is 3.84. The van der Waals surface area contributed by atoms with Crippen LogP contribution in [-0.4, -0.2) is 16.5 Å². The minimum atomic E-state index is -0.227. The zero-order valence-corrected chi connectivity index (χ0v) is 12.9. The molecule has 0 spiro atoms. The van der Waals surface area contributed by atoms with Crippen LogP contribution in [0.15, 0.2) is 24.3 Å². The first-order valence-corrected chi connectivity index (χ1v) is 7.12. The average molecular weight is 288 g/mol. The number of hydrogen-bond acceptors (Lipinski definition) is 4. The number of nitrogens with one attached hydrogen (secondary N) is 2. The summed E-state index contributed by atoms with van der Waals surface area (Å²) in [7, 11) is 0. The first kappa shape index (κ1) is 15.2. The molecular weight excluding hydrogens is 267 g/mol. The minimum Gasteiger partial charge on any atom is -0.370 e. The van der Waals surface area contributed by atoms with Crippen LogP contribution >= 0.6 is 0 Å². The first-order chi connectivity index (χ1) is 10.0. The Labute approximate surface area is 124 Å². The molecule has 1 unspecified atom stereocenters. The molecule has 0 aliphatic rings. The van der Waals surface area contributed by atoms with Gasteiger partial charge in [0.1, 0.15) is 23.3 Å². The van der Waals surface area contributed by atoms with Crippen molar-refractivity contribution in [3.05, 3.63) is 47.0 Å². The molecule has 1 atom stereocenters. The van der Waals surface area contributed by atoms with Crippen molar-refractivity contribution >= 4 is 11.6 Å². The van der Waals surface area contributed by atoms with E-state index in [0.717, 1.165) is 29.3 Å². The maximum Gasteiger partial charge on any atom is 0.135 e. The van der Waals surface area contributed by atoms with Crippen LogP contribution in [0.25, 0.3) is 0 Å². The van der Waals surface area contributed by atoms with Crippen molar-refractivity contribution in [1.29, 1.82) is 0 Å². The van der Waals surface area contributed by atoms with Crippen LogP contribution in [-0.2, 0) is 0 Å². The Kier molecular flexibility index (Phi) is 4.73. The molecule has 0 saturated heterocycles. The van der Waals surface area contributed by atoms with Gasteiger partial charge in [-0.15, -0.1) is 0 Å². The summed E-state index contributed by atoms with van der Waals surface area (Å²) in [5.41, 5.74) is 1.99. The monoisotopic (exact) mass is 288 g/mol. The van der Waals surface area contributed by atoms with Gasteiger partial charge < -0.3 is 10.6 Å². The van der Waals surface area contributed by atoms with Crippen molar-refractivity contribution < 1.29 is 4.39 Å². The van der Waals surface area contributed by atoms with Gasteiger partial charge >= 0.3 is 0 Å². The number of aromatic nitrogens is 2. The Morgan fingerprint density at radius 1 is 1.10 bits per heavy atom. The van der Waals surface area contributed by atoms with Gasteiger partial charge in [0.25, 0.3) is 0 Å². The molecule has 0 saturated carbocycles. The van der Waals surface area contributed by atoms with Crippen LogP contribution in [0, 0.1) is 19.7 Å². The summed E-state index contributed by atoms with van der Waals surface area (Å²) < 4.78 is 13.0. The third-order valence-electron chi connectivity index (χ3n) is 3.33. The molecule has 2 N–H and O–H groups in total. The van der Waals surface area contributed by atoms with Crippen molar-refractivity contribution in [3.63, 3.8) is 0 Å². The fourth-order valence-corrected chi connectivity index (χ4v) is 2.15. The van der Waals surface area contributed by atoms with E-state index in [1.807, 2.05) is 27.7 Å². The number of halogens is 1. The quantitative estimate of drug-likeness (QED) is 0.877. The summed E-state index contributed by atoms with van der Waals surface area (Å²) >= 11 is 0. The van der Waals surface area contributed by atoms with Crippen molar-refractivity contribution in [1.82, 2.24) is 9.97 Å². The molecule has 2 rings (SSSR count). The molecule has 0 aliphatic carbocycles. The molecular formula is C16H21FN4. The highest BCUT2D eigenvalue weighted by atomic mass is 19.1. The van der Waals surface area contributed by atoms with Crippen LogP contribution in [0.3, 0.4) is 0 Å². The number of hydrogen-bond donors (Lipinski definition) is 2. The van der Waals surface area contributed by atoms with E-state index in [2.05, 4.69) is 20.6 Å². The van der Waals surface area contributed by atoms with Crippen molar-refractivity contribution in [2.24, 2.45) is 0 Å². The van der Waals surface area contributed by atoms with E-state index in [0.29, 0.717) is 5.82 Å². The van der Waals surface area contributed by atoms with Gasteiger partial charge in [0, 0.05) is 18.2 Å². The Bertz CT molecular complexity index is 610. The number of nitrogens with zero attached hydrogens (tertiary/aromatic N) is 2. The van der Waals surface area contributed by atoms with Gasteiger partial charge in [0.2, 0.25) is 0 Å². The van der Waals surface area contributed by atoms with E-state index in [1.165, 1.54) is 12.1 Å². The average Bonchev–Trinajstić information content (AvgIpc) is 2.44. The Balaban J connectivity index is 2.24. The van der Waals surface area contributed by atoms with Gasteiger partial charge in [-0.1, -0.05) is 12.1 Å².